The molecule has 1 saturated heterocycles. The number of hydrogen-bond donors (Lipinski definition) is 0. The van der Waals surface area contributed by atoms with Gasteiger partial charge in [0.1, 0.15) is 5.75 Å². The molecule has 0 saturated carbocycles. The number of thioether (sulfide) groups is 1. The van der Waals surface area contributed by atoms with E-state index in [0.29, 0.717) is 41.1 Å². The Labute approximate surface area is 171 Å². The van der Waals surface area contributed by atoms with E-state index in [2.05, 4.69) is 10.1 Å². The van der Waals surface area contributed by atoms with Crippen LogP contribution in [-0.2, 0) is 4.79 Å². The summed E-state index contributed by atoms with van der Waals surface area (Å²) in [6, 6.07) is 13.2. The first kappa shape index (κ1) is 18.8. The third-order valence-electron chi connectivity index (χ3n) is 4.70. The molecule has 1 aromatic heterocycles. The number of carbonyl (C=O) groups is 1. The Balaban J connectivity index is 1.56. The van der Waals surface area contributed by atoms with Crippen LogP contribution in [0.25, 0.3) is 11.4 Å². The predicted octanol–water partition coefficient (Wildman–Crippen LogP) is 4.64. The van der Waals surface area contributed by atoms with Crippen LogP contribution in [-0.4, -0.2) is 36.0 Å². The minimum absolute atomic E-state index is 0.0327. The van der Waals surface area contributed by atoms with Gasteiger partial charge >= 0.3 is 0 Å². The normalized spacial score (nSPS) is 16.6. The van der Waals surface area contributed by atoms with Crippen LogP contribution in [0.1, 0.15) is 18.2 Å². The molecule has 1 aliphatic heterocycles. The molecule has 0 radical (unpaired) electrons. The average Bonchev–Trinajstić information content (AvgIpc) is 3.35. The molecular weight excluding hydrogens is 398 g/mol. The highest BCUT2D eigenvalue weighted by Crippen LogP contribution is 2.38. The van der Waals surface area contributed by atoms with Crippen molar-refractivity contribution < 1.29 is 14.1 Å². The van der Waals surface area contributed by atoms with Gasteiger partial charge < -0.3 is 14.2 Å². The fraction of sp³-hybridized carbons (Fsp3) is 0.250. The maximum atomic E-state index is 12.6. The maximum Gasteiger partial charge on any atom is 0.232 e. The lowest BCUT2D eigenvalue weighted by Gasteiger charge is -2.19. The van der Waals surface area contributed by atoms with E-state index in [9.17, 15) is 4.79 Å². The zero-order valence-corrected chi connectivity index (χ0v) is 17.0. The number of methoxy groups -OCH3 is 1. The molecule has 6 nitrogen and oxygen atoms in total. The van der Waals surface area contributed by atoms with Gasteiger partial charge in [-0.1, -0.05) is 16.8 Å². The second-order valence-electron chi connectivity index (χ2n) is 6.41. The van der Waals surface area contributed by atoms with Crippen molar-refractivity contribution in [1.29, 1.82) is 0 Å². The molecular formula is C20H18ClN3O3S. The monoisotopic (exact) mass is 415 g/mol. The van der Waals surface area contributed by atoms with Crippen LogP contribution in [0.5, 0.6) is 5.75 Å². The second kappa shape index (κ2) is 7.85. The first-order valence-electron chi connectivity index (χ1n) is 8.71. The number of nitrogens with zero attached hydrogens (tertiary/aromatic N) is 3. The first-order valence-corrected chi connectivity index (χ1v) is 10.3. The van der Waals surface area contributed by atoms with Crippen molar-refractivity contribution in [3.63, 3.8) is 0 Å². The van der Waals surface area contributed by atoms with E-state index in [1.807, 2.05) is 30.5 Å². The van der Waals surface area contributed by atoms with Crippen molar-refractivity contribution in [2.45, 2.75) is 17.2 Å². The molecule has 8 heteroatoms. The van der Waals surface area contributed by atoms with Gasteiger partial charge in [0.15, 0.2) is 0 Å². The Hall–Kier alpha value is -2.51. The van der Waals surface area contributed by atoms with Gasteiger partial charge in [-0.15, -0.1) is 11.8 Å². The van der Waals surface area contributed by atoms with Crippen LogP contribution in [0.15, 0.2) is 51.9 Å². The maximum absolute atomic E-state index is 12.6. The van der Waals surface area contributed by atoms with Crippen molar-refractivity contribution in [2.24, 2.45) is 0 Å². The van der Waals surface area contributed by atoms with Crippen LogP contribution >= 0.6 is 23.4 Å². The Morgan fingerprint density at radius 1 is 1.25 bits per heavy atom. The standard InChI is InChI=1S/C20H18ClN3O3S/c1-26-17-8-5-14(21)10-16(17)24-11-13(9-18(24)25)20-22-19(23-27-20)12-3-6-15(28-2)7-4-12/h3-8,10,13H,9,11H2,1-2H3. The molecule has 1 aliphatic rings. The van der Waals surface area contributed by atoms with Gasteiger partial charge in [0.2, 0.25) is 17.6 Å². The number of ether oxygens (including phenoxy) is 1. The highest BCUT2D eigenvalue weighted by molar-refractivity contribution is 7.98. The molecule has 1 unspecified atom stereocenters. The van der Waals surface area contributed by atoms with E-state index in [-0.39, 0.29) is 11.8 Å². The van der Waals surface area contributed by atoms with Gasteiger partial charge in [0.05, 0.1) is 18.7 Å². The van der Waals surface area contributed by atoms with Crippen molar-refractivity contribution >= 4 is 35.0 Å². The number of benzene rings is 2. The number of aromatic nitrogens is 2. The molecule has 1 atom stereocenters. The van der Waals surface area contributed by atoms with E-state index in [1.54, 1.807) is 42.0 Å². The minimum Gasteiger partial charge on any atom is -0.495 e. The van der Waals surface area contributed by atoms with Crippen LogP contribution in [0.3, 0.4) is 0 Å². The summed E-state index contributed by atoms with van der Waals surface area (Å²) in [7, 11) is 1.57. The van der Waals surface area contributed by atoms with Gasteiger partial charge in [0, 0.05) is 28.4 Å². The number of amides is 1. The van der Waals surface area contributed by atoms with Gasteiger partial charge in [-0.2, -0.15) is 4.98 Å². The summed E-state index contributed by atoms with van der Waals surface area (Å²) in [6.45, 7) is 0.433. The summed E-state index contributed by atoms with van der Waals surface area (Å²) < 4.78 is 10.8. The highest BCUT2D eigenvalue weighted by Gasteiger charge is 2.36. The molecule has 2 heterocycles. The van der Waals surface area contributed by atoms with E-state index in [4.69, 9.17) is 20.9 Å². The van der Waals surface area contributed by atoms with Gasteiger partial charge in [-0.25, -0.2) is 0 Å². The molecule has 0 spiro atoms. The van der Waals surface area contributed by atoms with E-state index in [1.165, 1.54) is 4.90 Å². The number of halogens is 1. The molecule has 28 heavy (non-hydrogen) atoms. The predicted molar refractivity (Wildman–Crippen MR) is 109 cm³/mol. The lowest BCUT2D eigenvalue weighted by molar-refractivity contribution is -0.117. The molecule has 0 N–H and O–H groups in total. The van der Waals surface area contributed by atoms with Crippen LogP contribution in [0.4, 0.5) is 5.69 Å². The summed E-state index contributed by atoms with van der Waals surface area (Å²) >= 11 is 7.78. The third kappa shape index (κ3) is 3.59. The van der Waals surface area contributed by atoms with Crippen molar-refractivity contribution in [3.05, 3.63) is 53.4 Å². The van der Waals surface area contributed by atoms with Gasteiger partial charge in [-0.05, 0) is 48.7 Å². The Morgan fingerprint density at radius 3 is 2.75 bits per heavy atom. The number of hydrogen-bond acceptors (Lipinski definition) is 6. The summed E-state index contributed by atoms with van der Waals surface area (Å²) in [4.78, 5) is 20.0. The zero-order chi connectivity index (χ0) is 19.7. The molecule has 144 valence electrons. The minimum atomic E-state index is -0.178. The summed E-state index contributed by atoms with van der Waals surface area (Å²) in [5, 5.41) is 4.63. The number of anilines is 1. The summed E-state index contributed by atoms with van der Waals surface area (Å²) in [5.74, 6) is 1.37. The van der Waals surface area contributed by atoms with E-state index < -0.39 is 0 Å². The molecule has 4 rings (SSSR count). The van der Waals surface area contributed by atoms with E-state index in [0.717, 1.165) is 5.56 Å². The quantitative estimate of drug-likeness (QED) is 0.565. The van der Waals surface area contributed by atoms with Crippen molar-refractivity contribution in [2.75, 3.05) is 24.8 Å². The molecule has 1 amide bonds. The number of carbonyl (C=O) groups excluding carboxylic acids is 1. The van der Waals surface area contributed by atoms with Gasteiger partial charge in [-0.3, -0.25) is 4.79 Å². The van der Waals surface area contributed by atoms with E-state index >= 15 is 0 Å². The SMILES string of the molecule is COc1ccc(Cl)cc1N1CC(c2nc(-c3ccc(SC)cc3)no2)CC1=O. The molecule has 0 aliphatic carbocycles. The van der Waals surface area contributed by atoms with Crippen molar-refractivity contribution in [1.82, 2.24) is 10.1 Å². The fourth-order valence-electron chi connectivity index (χ4n) is 3.24. The highest BCUT2D eigenvalue weighted by atomic mass is 35.5. The molecule has 2 aromatic carbocycles. The molecule has 1 fully saturated rings. The fourth-order valence-corrected chi connectivity index (χ4v) is 3.81. The second-order valence-corrected chi connectivity index (χ2v) is 7.72. The van der Waals surface area contributed by atoms with Gasteiger partial charge in [0.25, 0.3) is 0 Å². The largest absolute Gasteiger partial charge is 0.495 e. The lowest BCUT2D eigenvalue weighted by Crippen LogP contribution is -2.24. The summed E-state index contributed by atoms with van der Waals surface area (Å²) in [5.41, 5.74) is 1.53. The van der Waals surface area contributed by atoms with Crippen molar-refractivity contribution in [3.8, 4) is 17.1 Å². The smallest absolute Gasteiger partial charge is 0.232 e. The first-order chi connectivity index (χ1) is 13.6. The molecule has 0 bridgehead atoms. The molecule has 3 aromatic rings. The average molecular weight is 416 g/mol. The zero-order valence-electron chi connectivity index (χ0n) is 15.4. The Morgan fingerprint density at radius 2 is 2.04 bits per heavy atom. The lowest BCUT2D eigenvalue weighted by atomic mass is 10.1. The summed E-state index contributed by atoms with van der Waals surface area (Å²) in [6.07, 6.45) is 2.32. The Bertz CT molecular complexity index is 1010. The topological polar surface area (TPSA) is 68.5 Å². The number of rotatable bonds is 5. The van der Waals surface area contributed by atoms with Crippen LogP contribution < -0.4 is 9.64 Å². The van der Waals surface area contributed by atoms with Crippen LogP contribution in [0, 0.1) is 0 Å². The third-order valence-corrected chi connectivity index (χ3v) is 5.67. The Kier molecular flexibility index (Phi) is 5.28. The van der Waals surface area contributed by atoms with Crippen LogP contribution in [0.2, 0.25) is 5.02 Å².